The molecule has 0 aliphatic heterocycles. The van der Waals surface area contributed by atoms with Gasteiger partial charge in [-0.1, -0.05) is 6.07 Å². The second kappa shape index (κ2) is 5.58. The zero-order chi connectivity index (χ0) is 17.6. The van der Waals surface area contributed by atoms with Gasteiger partial charge in [0.2, 0.25) is 0 Å². The van der Waals surface area contributed by atoms with Crippen molar-refractivity contribution in [1.82, 2.24) is 23.9 Å². The molecule has 24 heavy (non-hydrogen) atoms. The van der Waals surface area contributed by atoms with Crippen LogP contribution in [-0.4, -0.2) is 23.9 Å². The predicted octanol–water partition coefficient (Wildman–Crippen LogP) is 2.67. The summed E-state index contributed by atoms with van der Waals surface area (Å²) in [6.07, 6.45) is 0. The molecule has 0 atom stereocenters. The standard InChI is InChI=1S/C17H22FN5O/c1-6-21-13-9-7-8-12(18)15(13)19-14(21)10-22-11(2)20-23(16(22)24)17(3,4)5/h7-9H,6,10H2,1-5H3. The fraction of sp³-hybridized carbons (Fsp3) is 0.471. The van der Waals surface area contributed by atoms with Crippen molar-refractivity contribution in [2.75, 3.05) is 0 Å². The highest BCUT2D eigenvalue weighted by Gasteiger charge is 2.22. The molecule has 0 bridgehead atoms. The molecule has 0 radical (unpaired) electrons. The molecule has 0 saturated heterocycles. The molecule has 0 unspecified atom stereocenters. The minimum Gasteiger partial charge on any atom is -0.327 e. The van der Waals surface area contributed by atoms with Crippen molar-refractivity contribution in [2.45, 2.75) is 53.2 Å². The number of fused-ring (bicyclic) bond motifs is 1. The second-order valence-electron chi connectivity index (χ2n) is 6.88. The van der Waals surface area contributed by atoms with E-state index >= 15 is 0 Å². The number of hydrogen-bond acceptors (Lipinski definition) is 3. The Morgan fingerprint density at radius 1 is 1.21 bits per heavy atom. The van der Waals surface area contributed by atoms with E-state index in [9.17, 15) is 9.18 Å². The maximum atomic E-state index is 14.0. The SMILES string of the molecule is CCn1c(Cn2c(C)nn(C(C)(C)C)c2=O)nc2c(F)cccc21. The summed E-state index contributed by atoms with van der Waals surface area (Å²) in [4.78, 5) is 17.1. The van der Waals surface area contributed by atoms with E-state index in [1.54, 1.807) is 17.6 Å². The molecule has 2 aromatic heterocycles. The molecule has 2 heterocycles. The predicted molar refractivity (Wildman–Crippen MR) is 90.7 cm³/mol. The maximum Gasteiger partial charge on any atom is 0.346 e. The number of para-hydroxylation sites is 1. The van der Waals surface area contributed by atoms with E-state index in [0.717, 1.165) is 5.52 Å². The molecular weight excluding hydrogens is 309 g/mol. The first-order valence-electron chi connectivity index (χ1n) is 8.04. The van der Waals surface area contributed by atoms with Gasteiger partial charge in [-0.15, -0.1) is 0 Å². The summed E-state index contributed by atoms with van der Waals surface area (Å²) in [5, 5.41) is 4.36. The van der Waals surface area contributed by atoms with Crippen LogP contribution in [0.3, 0.4) is 0 Å². The average Bonchev–Trinajstić information content (AvgIpc) is 3.00. The van der Waals surface area contributed by atoms with Crippen molar-refractivity contribution in [3.05, 3.63) is 46.1 Å². The lowest BCUT2D eigenvalue weighted by Gasteiger charge is -2.16. The number of rotatable bonds is 3. The fourth-order valence-electron chi connectivity index (χ4n) is 2.89. The molecule has 0 aliphatic rings. The van der Waals surface area contributed by atoms with Crippen molar-refractivity contribution in [1.29, 1.82) is 0 Å². The van der Waals surface area contributed by atoms with Crippen molar-refractivity contribution < 1.29 is 4.39 Å². The number of imidazole rings is 1. The Labute approximate surface area is 139 Å². The third-order valence-corrected chi connectivity index (χ3v) is 4.11. The second-order valence-corrected chi connectivity index (χ2v) is 6.88. The Balaban J connectivity index is 2.13. The van der Waals surface area contributed by atoms with Gasteiger partial charge in [-0.25, -0.2) is 18.9 Å². The third kappa shape index (κ3) is 2.53. The van der Waals surface area contributed by atoms with Crippen LogP contribution in [0.4, 0.5) is 4.39 Å². The number of benzene rings is 1. The largest absolute Gasteiger partial charge is 0.346 e. The summed E-state index contributed by atoms with van der Waals surface area (Å²) in [7, 11) is 0. The molecule has 0 fully saturated rings. The van der Waals surface area contributed by atoms with Crippen LogP contribution in [0.15, 0.2) is 23.0 Å². The van der Waals surface area contributed by atoms with Gasteiger partial charge < -0.3 is 4.57 Å². The first kappa shape index (κ1) is 16.4. The Kier molecular flexibility index (Phi) is 3.81. The number of halogens is 1. The van der Waals surface area contributed by atoms with Crippen LogP contribution in [0.1, 0.15) is 39.3 Å². The van der Waals surface area contributed by atoms with Crippen LogP contribution in [0.2, 0.25) is 0 Å². The first-order chi connectivity index (χ1) is 11.2. The van der Waals surface area contributed by atoms with Crippen molar-refractivity contribution in [3.8, 4) is 0 Å². The first-order valence-corrected chi connectivity index (χ1v) is 8.04. The zero-order valence-corrected chi connectivity index (χ0v) is 14.7. The minimum absolute atomic E-state index is 0.185. The van der Waals surface area contributed by atoms with Gasteiger partial charge in [0.05, 0.1) is 17.6 Å². The van der Waals surface area contributed by atoms with Crippen molar-refractivity contribution in [2.24, 2.45) is 0 Å². The van der Waals surface area contributed by atoms with Crippen molar-refractivity contribution in [3.63, 3.8) is 0 Å². The molecular formula is C17H22FN5O. The normalized spacial score (nSPS) is 12.2. The number of aromatic nitrogens is 5. The quantitative estimate of drug-likeness (QED) is 0.741. The monoisotopic (exact) mass is 331 g/mol. The Hall–Kier alpha value is -2.44. The van der Waals surface area contributed by atoms with Crippen LogP contribution in [0, 0.1) is 12.7 Å². The van der Waals surface area contributed by atoms with Crippen LogP contribution in [0.5, 0.6) is 0 Å². The van der Waals surface area contributed by atoms with Crippen LogP contribution >= 0.6 is 0 Å². The highest BCUT2D eigenvalue weighted by atomic mass is 19.1. The zero-order valence-electron chi connectivity index (χ0n) is 14.7. The molecule has 3 aromatic rings. The molecule has 0 spiro atoms. The van der Waals surface area contributed by atoms with Gasteiger partial charge in [0, 0.05) is 6.54 Å². The van der Waals surface area contributed by atoms with Crippen LogP contribution in [0.25, 0.3) is 11.0 Å². The highest BCUT2D eigenvalue weighted by molar-refractivity contribution is 5.76. The van der Waals surface area contributed by atoms with E-state index in [1.807, 2.05) is 38.3 Å². The van der Waals surface area contributed by atoms with Gasteiger partial charge in [0.1, 0.15) is 17.2 Å². The van der Waals surface area contributed by atoms with Gasteiger partial charge in [0.15, 0.2) is 5.82 Å². The Morgan fingerprint density at radius 2 is 1.92 bits per heavy atom. The summed E-state index contributed by atoms with van der Waals surface area (Å²) < 4.78 is 19.0. The molecule has 7 heteroatoms. The van der Waals surface area contributed by atoms with E-state index in [2.05, 4.69) is 10.1 Å². The lowest BCUT2D eigenvalue weighted by Crippen LogP contribution is -2.36. The molecule has 1 aromatic carbocycles. The topological polar surface area (TPSA) is 57.6 Å². The minimum atomic E-state index is -0.399. The average molecular weight is 331 g/mol. The van der Waals surface area contributed by atoms with Gasteiger partial charge in [-0.05, 0) is 46.8 Å². The Morgan fingerprint density at radius 3 is 2.50 bits per heavy atom. The number of nitrogens with zero attached hydrogens (tertiary/aromatic N) is 5. The molecule has 0 saturated carbocycles. The van der Waals surface area contributed by atoms with E-state index in [-0.39, 0.29) is 18.1 Å². The molecule has 6 nitrogen and oxygen atoms in total. The summed E-state index contributed by atoms with van der Waals surface area (Å²) >= 11 is 0. The van der Waals surface area contributed by atoms with E-state index in [0.29, 0.717) is 23.7 Å². The highest BCUT2D eigenvalue weighted by Crippen LogP contribution is 2.20. The van der Waals surface area contributed by atoms with Gasteiger partial charge in [-0.2, -0.15) is 5.10 Å². The maximum absolute atomic E-state index is 14.0. The lowest BCUT2D eigenvalue weighted by molar-refractivity contribution is 0.340. The van der Waals surface area contributed by atoms with E-state index in [1.165, 1.54) is 10.7 Å². The van der Waals surface area contributed by atoms with Gasteiger partial charge in [-0.3, -0.25) is 4.57 Å². The summed E-state index contributed by atoms with van der Waals surface area (Å²) in [5.41, 5.74) is 0.490. The molecule has 3 rings (SSSR count). The Bertz CT molecular complexity index is 958. The summed E-state index contributed by atoms with van der Waals surface area (Å²) in [6.45, 7) is 10.5. The number of hydrogen-bond donors (Lipinski definition) is 0. The smallest absolute Gasteiger partial charge is 0.327 e. The number of aryl methyl sites for hydroxylation is 2. The van der Waals surface area contributed by atoms with Gasteiger partial charge in [0.25, 0.3) is 0 Å². The lowest BCUT2D eigenvalue weighted by atomic mass is 10.1. The third-order valence-electron chi connectivity index (χ3n) is 4.11. The van der Waals surface area contributed by atoms with E-state index < -0.39 is 5.54 Å². The fourth-order valence-corrected chi connectivity index (χ4v) is 2.89. The van der Waals surface area contributed by atoms with Crippen molar-refractivity contribution >= 4 is 11.0 Å². The van der Waals surface area contributed by atoms with Crippen LogP contribution in [-0.2, 0) is 18.6 Å². The molecule has 0 amide bonds. The summed E-state index contributed by atoms with van der Waals surface area (Å²) in [6, 6.07) is 4.91. The summed E-state index contributed by atoms with van der Waals surface area (Å²) in [5.74, 6) is 0.914. The van der Waals surface area contributed by atoms with Crippen LogP contribution < -0.4 is 5.69 Å². The molecule has 0 N–H and O–H groups in total. The molecule has 128 valence electrons. The van der Waals surface area contributed by atoms with E-state index in [4.69, 9.17) is 0 Å². The van der Waals surface area contributed by atoms with Gasteiger partial charge >= 0.3 is 5.69 Å². The molecule has 0 aliphatic carbocycles.